The van der Waals surface area contributed by atoms with Crippen molar-refractivity contribution in [1.29, 1.82) is 0 Å². The molecular formula is C18H21NO4S. The van der Waals surface area contributed by atoms with Crippen molar-refractivity contribution in [3.8, 4) is 11.5 Å². The maximum atomic E-state index is 12.6. The highest BCUT2D eigenvalue weighted by Gasteiger charge is 2.19. The molecule has 0 spiro atoms. The van der Waals surface area contributed by atoms with E-state index in [-0.39, 0.29) is 4.90 Å². The van der Waals surface area contributed by atoms with Gasteiger partial charge in [0.15, 0.2) is 11.5 Å². The highest BCUT2D eigenvalue weighted by molar-refractivity contribution is 7.92. The minimum absolute atomic E-state index is 0.154. The van der Waals surface area contributed by atoms with Crippen LogP contribution in [0.1, 0.15) is 31.7 Å². The molecule has 1 aliphatic heterocycles. The summed E-state index contributed by atoms with van der Waals surface area (Å²) < 4.78 is 39.0. The van der Waals surface area contributed by atoms with Gasteiger partial charge in [0.25, 0.3) is 10.0 Å². The summed E-state index contributed by atoms with van der Waals surface area (Å²) >= 11 is 0. The molecule has 5 nitrogen and oxygen atoms in total. The number of hydrogen-bond donors (Lipinski definition) is 1. The first kappa shape index (κ1) is 16.6. The second-order valence-electron chi connectivity index (χ2n) is 6.04. The quantitative estimate of drug-likeness (QED) is 0.914. The smallest absolute Gasteiger partial charge is 0.262 e. The first-order valence-corrected chi connectivity index (χ1v) is 9.46. The van der Waals surface area contributed by atoms with Crippen LogP contribution in [0.25, 0.3) is 0 Å². The van der Waals surface area contributed by atoms with Crippen molar-refractivity contribution in [3.05, 3.63) is 48.0 Å². The Morgan fingerprint density at radius 2 is 1.75 bits per heavy atom. The molecule has 24 heavy (non-hydrogen) atoms. The van der Waals surface area contributed by atoms with Gasteiger partial charge in [-0.1, -0.05) is 26.0 Å². The summed E-state index contributed by atoms with van der Waals surface area (Å²) in [5.41, 5.74) is 1.63. The number of rotatable bonds is 4. The summed E-state index contributed by atoms with van der Waals surface area (Å²) in [5, 5.41) is 0. The van der Waals surface area contributed by atoms with Crippen LogP contribution in [-0.4, -0.2) is 21.6 Å². The predicted molar refractivity (Wildman–Crippen MR) is 93.4 cm³/mol. The number of ether oxygens (including phenoxy) is 2. The topological polar surface area (TPSA) is 64.6 Å². The summed E-state index contributed by atoms with van der Waals surface area (Å²) in [5.74, 6) is 1.37. The molecule has 2 aromatic rings. The normalized spacial score (nSPS) is 14.3. The Bertz CT molecular complexity index is 831. The maximum absolute atomic E-state index is 12.6. The van der Waals surface area contributed by atoms with Gasteiger partial charge in [-0.3, -0.25) is 4.72 Å². The molecule has 0 amide bonds. The molecule has 1 aliphatic rings. The summed E-state index contributed by atoms with van der Waals surface area (Å²) in [6.07, 6.45) is 0.775. The van der Waals surface area contributed by atoms with Crippen molar-refractivity contribution >= 4 is 15.7 Å². The van der Waals surface area contributed by atoms with Gasteiger partial charge in [0, 0.05) is 18.2 Å². The van der Waals surface area contributed by atoms with E-state index < -0.39 is 10.0 Å². The van der Waals surface area contributed by atoms with Crippen LogP contribution >= 0.6 is 0 Å². The molecule has 0 fully saturated rings. The first-order chi connectivity index (χ1) is 11.5. The van der Waals surface area contributed by atoms with E-state index >= 15 is 0 Å². The van der Waals surface area contributed by atoms with Crippen LogP contribution in [0.3, 0.4) is 0 Å². The molecule has 0 atom stereocenters. The molecular weight excluding hydrogens is 326 g/mol. The van der Waals surface area contributed by atoms with Gasteiger partial charge in [0.2, 0.25) is 0 Å². The lowest BCUT2D eigenvalue weighted by atomic mass is 10.0. The van der Waals surface area contributed by atoms with Gasteiger partial charge in [-0.2, -0.15) is 0 Å². The van der Waals surface area contributed by atoms with Crippen molar-refractivity contribution in [2.24, 2.45) is 0 Å². The molecule has 0 aromatic heterocycles. The van der Waals surface area contributed by atoms with E-state index in [2.05, 4.69) is 18.6 Å². The zero-order valence-corrected chi connectivity index (χ0v) is 14.6. The minimum atomic E-state index is -3.69. The largest absolute Gasteiger partial charge is 0.490 e. The fraction of sp³-hybridized carbons (Fsp3) is 0.333. The average Bonchev–Trinajstić information content (AvgIpc) is 2.79. The van der Waals surface area contributed by atoms with E-state index in [0.717, 1.165) is 12.0 Å². The van der Waals surface area contributed by atoms with Gasteiger partial charge in [-0.05, 0) is 35.7 Å². The van der Waals surface area contributed by atoms with Crippen LogP contribution in [0, 0.1) is 0 Å². The zero-order chi connectivity index (χ0) is 17.2. The lowest BCUT2D eigenvalue weighted by Gasteiger charge is -2.13. The Balaban J connectivity index is 1.88. The summed E-state index contributed by atoms with van der Waals surface area (Å²) in [6, 6.07) is 12.1. The van der Waals surface area contributed by atoms with Crippen LogP contribution in [0.4, 0.5) is 5.69 Å². The van der Waals surface area contributed by atoms with Gasteiger partial charge in [-0.15, -0.1) is 0 Å². The number of nitrogens with one attached hydrogen (secondary N) is 1. The third-order valence-corrected chi connectivity index (χ3v) is 5.21. The van der Waals surface area contributed by atoms with Crippen LogP contribution in [0.15, 0.2) is 47.4 Å². The van der Waals surface area contributed by atoms with Gasteiger partial charge >= 0.3 is 0 Å². The number of anilines is 1. The monoisotopic (exact) mass is 347 g/mol. The molecule has 0 unspecified atom stereocenters. The second-order valence-corrected chi connectivity index (χ2v) is 7.73. The van der Waals surface area contributed by atoms with Gasteiger partial charge in [0.1, 0.15) is 0 Å². The van der Waals surface area contributed by atoms with E-state index in [9.17, 15) is 8.42 Å². The lowest BCUT2D eigenvalue weighted by Crippen LogP contribution is -2.13. The SMILES string of the molecule is CC(C)c1cccc(NS(=O)(=O)c2ccc3c(c2)OCCCO3)c1. The van der Waals surface area contributed by atoms with Crippen LogP contribution in [-0.2, 0) is 10.0 Å². The van der Waals surface area contributed by atoms with Gasteiger partial charge < -0.3 is 9.47 Å². The Morgan fingerprint density at radius 3 is 2.50 bits per heavy atom. The molecule has 1 heterocycles. The highest BCUT2D eigenvalue weighted by atomic mass is 32.2. The van der Waals surface area contributed by atoms with E-state index in [4.69, 9.17) is 9.47 Å². The molecule has 0 bridgehead atoms. The fourth-order valence-electron chi connectivity index (χ4n) is 2.49. The van der Waals surface area contributed by atoms with Crippen molar-refractivity contribution in [3.63, 3.8) is 0 Å². The van der Waals surface area contributed by atoms with Crippen molar-refractivity contribution < 1.29 is 17.9 Å². The Kier molecular flexibility index (Phi) is 4.66. The molecule has 0 aliphatic carbocycles. The molecule has 128 valence electrons. The lowest BCUT2D eigenvalue weighted by molar-refractivity contribution is 0.297. The predicted octanol–water partition coefficient (Wildman–Crippen LogP) is 3.77. The third-order valence-electron chi connectivity index (χ3n) is 3.83. The van der Waals surface area contributed by atoms with E-state index in [1.165, 1.54) is 12.1 Å². The standard InChI is InChI=1S/C18H21NO4S/c1-13(2)14-5-3-6-15(11-14)19-24(20,21)16-7-8-17-18(12-16)23-10-4-9-22-17/h3,5-8,11-13,19H,4,9-10H2,1-2H3. The van der Waals surface area contributed by atoms with Crippen molar-refractivity contribution in [2.75, 3.05) is 17.9 Å². The molecule has 0 saturated heterocycles. The Morgan fingerprint density at radius 1 is 1.00 bits per heavy atom. The summed E-state index contributed by atoms with van der Waals surface area (Å²) in [6.45, 7) is 5.22. The zero-order valence-electron chi connectivity index (χ0n) is 13.8. The number of benzene rings is 2. The third kappa shape index (κ3) is 3.64. The van der Waals surface area contributed by atoms with Crippen LogP contribution in [0.5, 0.6) is 11.5 Å². The molecule has 0 saturated carbocycles. The van der Waals surface area contributed by atoms with Crippen molar-refractivity contribution in [1.82, 2.24) is 0 Å². The van der Waals surface area contributed by atoms with Gasteiger partial charge in [-0.25, -0.2) is 8.42 Å². The number of sulfonamides is 1. The maximum Gasteiger partial charge on any atom is 0.262 e. The van der Waals surface area contributed by atoms with Crippen LogP contribution in [0.2, 0.25) is 0 Å². The number of fused-ring (bicyclic) bond motifs is 1. The summed E-state index contributed by atoms with van der Waals surface area (Å²) in [7, 11) is -3.69. The van der Waals surface area contributed by atoms with Gasteiger partial charge in [0.05, 0.1) is 18.1 Å². The molecule has 6 heteroatoms. The second kappa shape index (κ2) is 6.73. The van der Waals surface area contributed by atoms with Crippen LogP contribution < -0.4 is 14.2 Å². The minimum Gasteiger partial charge on any atom is -0.490 e. The highest BCUT2D eigenvalue weighted by Crippen LogP contribution is 2.32. The van der Waals surface area contributed by atoms with E-state index in [0.29, 0.717) is 36.3 Å². The molecule has 1 N–H and O–H groups in total. The Labute approximate surface area is 142 Å². The molecule has 0 radical (unpaired) electrons. The number of hydrogen-bond acceptors (Lipinski definition) is 4. The van der Waals surface area contributed by atoms with E-state index in [1.54, 1.807) is 12.1 Å². The first-order valence-electron chi connectivity index (χ1n) is 7.98. The average molecular weight is 347 g/mol. The fourth-order valence-corrected chi connectivity index (χ4v) is 3.55. The summed E-state index contributed by atoms with van der Waals surface area (Å²) in [4.78, 5) is 0.154. The molecule has 2 aromatic carbocycles. The van der Waals surface area contributed by atoms with E-state index in [1.807, 2.05) is 18.2 Å². The molecule has 3 rings (SSSR count). The Hall–Kier alpha value is -2.21. The van der Waals surface area contributed by atoms with Crippen molar-refractivity contribution in [2.45, 2.75) is 31.1 Å².